The number of nitrogens with zero attached hydrogens (tertiary/aromatic N) is 1. The van der Waals surface area contributed by atoms with Gasteiger partial charge in [0.1, 0.15) is 12.4 Å². The number of benzene rings is 1. The monoisotopic (exact) mass is 245 g/mol. The molecule has 18 heavy (non-hydrogen) atoms. The highest BCUT2D eigenvalue weighted by atomic mass is 16.5. The summed E-state index contributed by atoms with van der Waals surface area (Å²) in [5.41, 5.74) is 3.31. The van der Waals surface area contributed by atoms with Crippen LogP contribution in [-0.4, -0.2) is 19.1 Å². The van der Waals surface area contributed by atoms with Gasteiger partial charge in [0.25, 0.3) is 0 Å². The first-order chi connectivity index (χ1) is 8.66. The number of rotatable bonds is 1. The van der Waals surface area contributed by atoms with Gasteiger partial charge in [-0.15, -0.1) is 0 Å². The second-order valence-electron chi connectivity index (χ2n) is 5.39. The molecule has 0 atom stereocenters. The van der Waals surface area contributed by atoms with E-state index >= 15 is 0 Å². The third-order valence-corrected chi connectivity index (χ3v) is 3.97. The van der Waals surface area contributed by atoms with Crippen LogP contribution in [0.1, 0.15) is 30.4 Å². The SMILES string of the molecule is Cc1cc(C)c2c(c1)OCCN2C(=O)C1CCC1. The van der Waals surface area contributed by atoms with Crippen molar-refractivity contribution in [2.24, 2.45) is 5.92 Å². The standard InChI is InChI=1S/C15H19NO2/c1-10-8-11(2)14-13(9-10)18-7-6-16(14)15(17)12-4-3-5-12/h8-9,12H,3-7H2,1-2H3. The van der Waals surface area contributed by atoms with Crippen molar-refractivity contribution in [3.8, 4) is 5.75 Å². The fourth-order valence-electron chi connectivity index (χ4n) is 2.83. The van der Waals surface area contributed by atoms with E-state index in [1.807, 2.05) is 11.0 Å². The number of carbonyl (C=O) groups excluding carboxylic acids is 1. The fourth-order valence-corrected chi connectivity index (χ4v) is 2.83. The van der Waals surface area contributed by atoms with Gasteiger partial charge in [0.15, 0.2) is 0 Å². The lowest BCUT2D eigenvalue weighted by atomic mass is 9.84. The predicted molar refractivity (Wildman–Crippen MR) is 71.1 cm³/mol. The molecule has 3 heteroatoms. The van der Waals surface area contributed by atoms with Crippen molar-refractivity contribution in [3.63, 3.8) is 0 Å². The van der Waals surface area contributed by atoms with Crippen molar-refractivity contribution >= 4 is 11.6 Å². The van der Waals surface area contributed by atoms with Crippen LogP contribution in [0.15, 0.2) is 12.1 Å². The molecule has 2 aliphatic rings. The molecule has 1 heterocycles. The number of hydrogen-bond donors (Lipinski definition) is 0. The molecule has 0 aromatic heterocycles. The van der Waals surface area contributed by atoms with Crippen LogP contribution in [0.4, 0.5) is 5.69 Å². The Labute approximate surface area is 108 Å². The second-order valence-corrected chi connectivity index (χ2v) is 5.39. The van der Waals surface area contributed by atoms with Crippen LogP contribution in [0.5, 0.6) is 5.75 Å². The highest BCUT2D eigenvalue weighted by Gasteiger charge is 2.33. The number of anilines is 1. The van der Waals surface area contributed by atoms with Crippen LogP contribution in [0.3, 0.4) is 0 Å². The topological polar surface area (TPSA) is 29.5 Å². The molecule has 0 N–H and O–H groups in total. The van der Waals surface area contributed by atoms with E-state index in [1.165, 1.54) is 12.0 Å². The average molecular weight is 245 g/mol. The number of fused-ring (bicyclic) bond motifs is 1. The molecule has 1 fully saturated rings. The molecule has 0 bridgehead atoms. The van der Waals surface area contributed by atoms with E-state index < -0.39 is 0 Å². The first kappa shape index (κ1) is 11.6. The van der Waals surface area contributed by atoms with E-state index in [9.17, 15) is 4.79 Å². The number of ether oxygens (including phenoxy) is 1. The van der Waals surface area contributed by atoms with Gasteiger partial charge in [-0.25, -0.2) is 0 Å². The fraction of sp³-hybridized carbons (Fsp3) is 0.533. The molecule has 0 unspecified atom stereocenters. The maximum atomic E-state index is 12.5. The molecule has 1 aromatic carbocycles. The van der Waals surface area contributed by atoms with Crippen molar-refractivity contribution in [1.29, 1.82) is 0 Å². The second kappa shape index (κ2) is 4.30. The molecule has 1 aromatic rings. The Morgan fingerprint density at radius 1 is 1.33 bits per heavy atom. The van der Waals surface area contributed by atoms with E-state index in [0.717, 1.165) is 29.8 Å². The highest BCUT2D eigenvalue weighted by Crippen LogP contribution is 2.38. The molecule has 3 rings (SSSR count). The van der Waals surface area contributed by atoms with Gasteiger partial charge in [-0.3, -0.25) is 4.79 Å². The average Bonchev–Trinajstić information content (AvgIpc) is 2.25. The van der Waals surface area contributed by atoms with Crippen LogP contribution < -0.4 is 9.64 Å². The summed E-state index contributed by atoms with van der Waals surface area (Å²) in [6.45, 7) is 5.41. The largest absolute Gasteiger partial charge is 0.490 e. The zero-order valence-electron chi connectivity index (χ0n) is 11.0. The van der Waals surface area contributed by atoms with Gasteiger partial charge in [0.2, 0.25) is 5.91 Å². The zero-order valence-corrected chi connectivity index (χ0v) is 11.0. The minimum absolute atomic E-state index is 0.247. The first-order valence-corrected chi connectivity index (χ1v) is 6.72. The Morgan fingerprint density at radius 3 is 2.78 bits per heavy atom. The molecular formula is C15H19NO2. The lowest BCUT2D eigenvalue weighted by molar-refractivity contribution is -0.125. The molecule has 1 aliphatic carbocycles. The molecule has 1 aliphatic heterocycles. The predicted octanol–water partition coefficient (Wildman–Crippen LogP) is 2.83. The van der Waals surface area contributed by atoms with Gasteiger partial charge < -0.3 is 9.64 Å². The normalized spacial score (nSPS) is 18.9. The van der Waals surface area contributed by atoms with Crippen LogP contribution >= 0.6 is 0 Å². The lowest BCUT2D eigenvalue weighted by Gasteiger charge is -2.36. The summed E-state index contributed by atoms with van der Waals surface area (Å²) >= 11 is 0. The number of hydrogen-bond acceptors (Lipinski definition) is 2. The molecule has 3 nitrogen and oxygen atoms in total. The van der Waals surface area contributed by atoms with Gasteiger partial charge >= 0.3 is 0 Å². The number of amides is 1. The minimum Gasteiger partial charge on any atom is -0.490 e. The minimum atomic E-state index is 0.247. The van der Waals surface area contributed by atoms with Crippen LogP contribution in [0, 0.1) is 19.8 Å². The van der Waals surface area contributed by atoms with Gasteiger partial charge in [-0.05, 0) is 43.9 Å². The van der Waals surface area contributed by atoms with E-state index in [2.05, 4.69) is 19.9 Å². The smallest absolute Gasteiger partial charge is 0.230 e. The van der Waals surface area contributed by atoms with Crippen LogP contribution in [0.25, 0.3) is 0 Å². The molecule has 0 spiro atoms. The maximum Gasteiger partial charge on any atom is 0.230 e. The molecule has 0 radical (unpaired) electrons. The van der Waals surface area contributed by atoms with E-state index in [1.54, 1.807) is 0 Å². The number of carbonyl (C=O) groups is 1. The summed E-state index contributed by atoms with van der Waals surface area (Å²) < 4.78 is 5.70. The summed E-state index contributed by atoms with van der Waals surface area (Å²) in [7, 11) is 0. The van der Waals surface area contributed by atoms with E-state index in [-0.39, 0.29) is 11.8 Å². The summed E-state index contributed by atoms with van der Waals surface area (Å²) in [4.78, 5) is 14.4. The summed E-state index contributed by atoms with van der Waals surface area (Å²) in [5.74, 6) is 1.40. The summed E-state index contributed by atoms with van der Waals surface area (Å²) in [6, 6.07) is 4.15. The third kappa shape index (κ3) is 1.78. The summed E-state index contributed by atoms with van der Waals surface area (Å²) in [6.07, 6.45) is 3.30. The first-order valence-electron chi connectivity index (χ1n) is 6.72. The van der Waals surface area contributed by atoms with Crippen LogP contribution in [0.2, 0.25) is 0 Å². The lowest BCUT2D eigenvalue weighted by Crippen LogP contribution is -2.43. The summed E-state index contributed by atoms with van der Waals surface area (Å²) in [5, 5.41) is 0. The van der Waals surface area contributed by atoms with Crippen LogP contribution in [-0.2, 0) is 4.79 Å². The van der Waals surface area contributed by atoms with Crippen molar-refractivity contribution < 1.29 is 9.53 Å². The number of aryl methyl sites for hydroxylation is 2. The third-order valence-electron chi connectivity index (χ3n) is 3.97. The van der Waals surface area contributed by atoms with Gasteiger partial charge in [0.05, 0.1) is 12.2 Å². The van der Waals surface area contributed by atoms with Gasteiger partial charge in [-0.2, -0.15) is 0 Å². The Bertz CT molecular complexity index is 492. The van der Waals surface area contributed by atoms with Crippen molar-refractivity contribution in [1.82, 2.24) is 0 Å². The van der Waals surface area contributed by atoms with Crippen molar-refractivity contribution in [2.45, 2.75) is 33.1 Å². The van der Waals surface area contributed by atoms with Crippen molar-refractivity contribution in [2.75, 3.05) is 18.1 Å². The van der Waals surface area contributed by atoms with Gasteiger partial charge in [0, 0.05) is 5.92 Å². The molecular weight excluding hydrogens is 226 g/mol. The van der Waals surface area contributed by atoms with E-state index in [4.69, 9.17) is 4.74 Å². The Morgan fingerprint density at radius 2 is 2.11 bits per heavy atom. The molecule has 96 valence electrons. The Hall–Kier alpha value is -1.51. The molecule has 1 amide bonds. The highest BCUT2D eigenvalue weighted by molar-refractivity contribution is 5.98. The zero-order chi connectivity index (χ0) is 12.7. The Balaban J connectivity index is 1.98. The maximum absolute atomic E-state index is 12.5. The molecule has 0 saturated heterocycles. The van der Waals surface area contributed by atoms with Crippen molar-refractivity contribution in [3.05, 3.63) is 23.3 Å². The molecule has 1 saturated carbocycles. The quantitative estimate of drug-likeness (QED) is 0.761. The van der Waals surface area contributed by atoms with E-state index in [0.29, 0.717) is 13.2 Å². The Kier molecular flexibility index (Phi) is 2.77. The van der Waals surface area contributed by atoms with Gasteiger partial charge in [-0.1, -0.05) is 12.5 Å².